The van der Waals surface area contributed by atoms with E-state index in [1.54, 1.807) is 0 Å². The van der Waals surface area contributed by atoms with E-state index in [-0.39, 0.29) is 5.54 Å². The van der Waals surface area contributed by atoms with Gasteiger partial charge in [0.25, 0.3) is 0 Å². The molecule has 0 aliphatic carbocycles. The molecule has 0 aromatic carbocycles. The summed E-state index contributed by atoms with van der Waals surface area (Å²) in [5.74, 6) is 1.27. The van der Waals surface area contributed by atoms with Crippen molar-refractivity contribution in [3.8, 4) is 0 Å². The van der Waals surface area contributed by atoms with Crippen LogP contribution in [-0.2, 0) is 0 Å². The molecule has 1 saturated heterocycles. The minimum Gasteiger partial charge on any atom is -0.308 e. The highest BCUT2D eigenvalue weighted by Crippen LogP contribution is 2.18. The standard InChI is InChI=1S/C13H26N2S/c1-11(8-14-13(3,4)5)9-15-6-7-16-12(2)10-15/h12,14H,1,6-10H2,2-5H3. The molecule has 3 heteroatoms. The fraction of sp³-hybridized carbons (Fsp3) is 0.846. The van der Waals surface area contributed by atoms with Gasteiger partial charge in [0, 0.05) is 42.7 Å². The van der Waals surface area contributed by atoms with E-state index in [9.17, 15) is 0 Å². The van der Waals surface area contributed by atoms with E-state index in [2.05, 4.69) is 56.3 Å². The molecule has 16 heavy (non-hydrogen) atoms. The Morgan fingerprint density at radius 2 is 2.19 bits per heavy atom. The highest BCUT2D eigenvalue weighted by Gasteiger charge is 2.17. The first-order chi connectivity index (χ1) is 7.37. The van der Waals surface area contributed by atoms with Gasteiger partial charge in [-0.1, -0.05) is 13.5 Å². The maximum Gasteiger partial charge on any atom is 0.0203 e. The van der Waals surface area contributed by atoms with Gasteiger partial charge in [-0.3, -0.25) is 4.90 Å². The van der Waals surface area contributed by atoms with Crippen LogP contribution in [0.1, 0.15) is 27.7 Å². The number of nitrogens with one attached hydrogen (secondary N) is 1. The van der Waals surface area contributed by atoms with E-state index in [0.29, 0.717) is 0 Å². The van der Waals surface area contributed by atoms with Crippen molar-refractivity contribution in [1.82, 2.24) is 10.2 Å². The summed E-state index contributed by atoms with van der Waals surface area (Å²) in [4.78, 5) is 2.52. The molecule has 1 fully saturated rings. The highest BCUT2D eigenvalue weighted by atomic mass is 32.2. The summed E-state index contributed by atoms with van der Waals surface area (Å²) in [6.45, 7) is 17.5. The largest absolute Gasteiger partial charge is 0.308 e. The number of hydrogen-bond acceptors (Lipinski definition) is 3. The van der Waals surface area contributed by atoms with Gasteiger partial charge in [0.1, 0.15) is 0 Å². The lowest BCUT2D eigenvalue weighted by Crippen LogP contribution is -2.41. The van der Waals surface area contributed by atoms with Crippen molar-refractivity contribution in [1.29, 1.82) is 0 Å². The zero-order valence-electron chi connectivity index (χ0n) is 11.2. The zero-order chi connectivity index (χ0) is 12.2. The molecule has 0 bridgehead atoms. The Hall–Kier alpha value is 0.0100. The Morgan fingerprint density at radius 3 is 2.75 bits per heavy atom. The van der Waals surface area contributed by atoms with Crippen LogP contribution in [0.15, 0.2) is 12.2 Å². The number of thioether (sulfide) groups is 1. The van der Waals surface area contributed by atoms with E-state index in [1.165, 1.54) is 24.4 Å². The minimum atomic E-state index is 0.188. The molecule has 0 radical (unpaired) electrons. The molecule has 0 aromatic rings. The molecule has 0 amide bonds. The first-order valence-corrected chi connectivity index (χ1v) is 7.17. The predicted octanol–water partition coefficient (Wildman–Crippen LogP) is 2.37. The molecule has 0 spiro atoms. The first kappa shape index (κ1) is 14.1. The summed E-state index contributed by atoms with van der Waals surface area (Å²) >= 11 is 2.08. The monoisotopic (exact) mass is 242 g/mol. The zero-order valence-corrected chi connectivity index (χ0v) is 12.0. The lowest BCUT2D eigenvalue weighted by molar-refractivity contribution is 0.305. The van der Waals surface area contributed by atoms with Crippen molar-refractivity contribution in [3.63, 3.8) is 0 Å². The van der Waals surface area contributed by atoms with Gasteiger partial charge in [-0.05, 0) is 26.3 Å². The molecule has 0 aromatic heterocycles. The lowest BCUT2D eigenvalue weighted by Gasteiger charge is -2.31. The Balaban J connectivity index is 2.23. The summed E-state index contributed by atoms with van der Waals surface area (Å²) in [7, 11) is 0. The van der Waals surface area contributed by atoms with Gasteiger partial charge in [0.05, 0.1) is 0 Å². The molecular weight excluding hydrogens is 216 g/mol. The smallest absolute Gasteiger partial charge is 0.0203 e. The van der Waals surface area contributed by atoms with Crippen molar-refractivity contribution in [3.05, 3.63) is 12.2 Å². The van der Waals surface area contributed by atoms with Crippen LogP contribution in [0.4, 0.5) is 0 Å². The van der Waals surface area contributed by atoms with E-state index < -0.39 is 0 Å². The van der Waals surface area contributed by atoms with Gasteiger partial charge >= 0.3 is 0 Å². The van der Waals surface area contributed by atoms with Crippen LogP contribution in [0.25, 0.3) is 0 Å². The Kier molecular flexibility index (Phi) is 5.35. The molecular formula is C13H26N2S. The normalized spacial score (nSPS) is 23.4. The van der Waals surface area contributed by atoms with Crippen molar-refractivity contribution in [2.24, 2.45) is 0 Å². The minimum absolute atomic E-state index is 0.188. The van der Waals surface area contributed by atoms with Gasteiger partial charge in [-0.15, -0.1) is 0 Å². The summed E-state index contributed by atoms with van der Waals surface area (Å²) in [6, 6.07) is 0. The maximum absolute atomic E-state index is 4.17. The molecule has 1 N–H and O–H groups in total. The average molecular weight is 242 g/mol. The van der Waals surface area contributed by atoms with Crippen LogP contribution in [0.5, 0.6) is 0 Å². The first-order valence-electron chi connectivity index (χ1n) is 6.12. The van der Waals surface area contributed by atoms with Crippen LogP contribution in [0.2, 0.25) is 0 Å². The second-order valence-corrected chi connectivity index (χ2v) is 7.32. The van der Waals surface area contributed by atoms with Gasteiger partial charge in [-0.25, -0.2) is 0 Å². The summed E-state index contributed by atoms with van der Waals surface area (Å²) in [5, 5.41) is 4.27. The molecule has 2 nitrogen and oxygen atoms in total. The second kappa shape index (κ2) is 6.08. The Bertz CT molecular complexity index is 233. The van der Waals surface area contributed by atoms with Crippen molar-refractivity contribution in [2.75, 3.05) is 31.9 Å². The molecule has 1 atom stereocenters. The number of hydrogen-bond donors (Lipinski definition) is 1. The quantitative estimate of drug-likeness (QED) is 0.762. The summed E-state index contributed by atoms with van der Waals surface area (Å²) in [6.07, 6.45) is 0. The molecule has 1 aliphatic heterocycles. The van der Waals surface area contributed by atoms with Crippen LogP contribution >= 0.6 is 11.8 Å². The van der Waals surface area contributed by atoms with Gasteiger partial charge < -0.3 is 5.32 Å². The number of nitrogens with zero attached hydrogens (tertiary/aromatic N) is 1. The summed E-state index contributed by atoms with van der Waals surface area (Å²) in [5.41, 5.74) is 1.49. The van der Waals surface area contributed by atoms with E-state index in [1.807, 2.05) is 0 Å². The van der Waals surface area contributed by atoms with Crippen molar-refractivity contribution < 1.29 is 0 Å². The van der Waals surface area contributed by atoms with Crippen LogP contribution < -0.4 is 5.32 Å². The highest BCUT2D eigenvalue weighted by molar-refractivity contribution is 7.99. The molecule has 1 rings (SSSR count). The van der Waals surface area contributed by atoms with Crippen LogP contribution in [0.3, 0.4) is 0 Å². The van der Waals surface area contributed by atoms with Gasteiger partial charge in [0.15, 0.2) is 0 Å². The molecule has 0 saturated carbocycles. The van der Waals surface area contributed by atoms with Gasteiger partial charge in [0.2, 0.25) is 0 Å². The predicted molar refractivity (Wildman–Crippen MR) is 75.3 cm³/mol. The van der Waals surface area contributed by atoms with E-state index in [0.717, 1.165) is 18.3 Å². The fourth-order valence-corrected chi connectivity index (χ4v) is 2.88. The van der Waals surface area contributed by atoms with Crippen molar-refractivity contribution in [2.45, 2.75) is 38.5 Å². The molecule has 1 heterocycles. The van der Waals surface area contributed by atoms with Crippen molar-refractivity contribution >= 4 is 11.8 Å². The van der Waals surface area contributed by atoms with Crippen LogP contribution in [0, 0.1) is 0 Å². The molecule has 94 valence electrons. The van der Waals surface area contributed by atoms with E-state index >= 15 is 0 Å². The molecule has 1 unspecified atom stereocenters. The number of rotatable bonds is 4. The van der Waals surface area contributed by atoms with Crippen LogP contribution in [-0.4, -0.2) is 47.6 Å². The third kappa shape index (κ3) is 5.92. The van der Waals surface area contributed by atoms with Gasteiger partial charge in [-0.2, -0.15) is 11.8 Å². The summed E-state index contributed by atoms with van der Waals surface area (Å²) < 4.78 is 0. The second-order valence-electron chi connectivity index (χ2n) is 5.77. The third-order valence-corrected chi connectivity index (χ3v) is 3.78. The maximum atomic E-state index is 4.17. The Labute approximate surface area is 105 Å². The average Bonchev–Trinajstić information content (AvgIpc) is 2.14. The van der Waals surface area contributed by atoms with E-state index in [4.69, 9.17) is 0 Å². The Morgan fingerprint density at radius 1 is 1.50 bits per heavy atom. The SMILES string of the molecule is C=C(CNC(C)(C)C)CN1CCSC(C)C1. The lowest BCUT2D eigenvalue weighted by atomic mass is 10.1. The molecule has 1 aliphatic rings. The fourth-order valence-electron chi connectivity index (χ4n) is 1.80. The third-order valence-electron chi connectivity index (χ3n) is 2.64. The topological polar surface area (TPSA) is 15.3 Å².